The SMILES string of the molecule is O=c1c2c(Cl)c(Cl)ccc2nc(Cc2ccccc2)n1-c1cccc(C(O)(C(F)(F)F)C(F)(F)F)c1. The molecule has 0 radical (unpaired) electrons. The Bertz CT molecular complexity index is 1490. The van der Waals surface area contributed by atoms with Crippen LogP contribution in [0.2, 0.25) is 10.0 Å². The molecule has 0 amide bonds. The fourth-order valence-corrected chi connectivity index (χ4v) is 4.17. The lowest BCUT2D eigenvalue weighted by Gasteiger charge is -2.33. The summed E-state index contributed by atoms with van der Waals surface area (Å²) in [6, 6.07) is 14.3. The molecule has 0 spiro atoms. The lowest BCUT2D eigenvalue weighted by atomic mass is 9.92. The van der Waals surface area contributed by atoms with Crippen molar-refractivity contribution in [3.05, 3.63) is 104 Å². The summed E-state index contributed by atoms with van der Waals surface area (Å²) in [6.07, 6.45) is -12.2. The van der Waals surface area contributed by atoms with Gasteiger partial charge in [0.25, 0.3) is 11.2 Å². The number of aromatic nitrogens is 2. The zero-order valence-electron chi connectivity index (χ0n) is 17.8. The van der Waals surface area contributed by atoms with Crippen molar-refractivity contribution < 1.29 is 31.4 Å². The van der Waals surface area contributed by atoms with Gasteiger partial charge in [-0.15, -0.1) is 0 Å². The van der Waals surface area contributed by atoms with Crippen LogP contribution in [-0.4, -0.2) is 27.0 Å². The van der Waals surface area contributed by atoms with Crippen LogP contribution in [-0.2, 0) is 12.0 Å². The van der Waals surface area contributed by atoms with Gasteiger partial charge in [0, 0.05) is 12.0 Å². The standard InChI is InChI=1S/C24H14Cl2F6N2O2/c25-16-9-10-17-19(20(16)26)21(35)34(18(33-17)11-13-5-2-1-3-6-13)15-8-4-7-14(12-15)22(36,23(27,28)29)24(30,31)32/h1-10,12,36H,11H2. The molecule has 1 heterocycles. The third-order valence-electron chi connectivity index (χ3n) is 5.55. The second kappa shape index (κ2) is 9.10. The van der Waals surface area contributed by atoms with E-state index >= 15 is 0 Å². The molecule has 0 fully saturated rings. The Kier molecular flexibility index (Phi) is 6.57. The Morgan fingerprint density at radius 2 is 1.50 bits per heavy atom. The molecular weight excluding hydrogens is 533 g/mol. The van der Waals surface area contributed by atoms with Gasteiger partial charge in [-0.05, 0) is 29.8 Å². The molecule has 0 saturated carbocycles. The Morgan fingerprint density at radius 3 is 2.11 bits per heavy atom. The number of nitrogens with zero attached hydrogens (tertiary/aromatic N) is 2. The average Bonchev–Trinajstić information content (AvgIpc) is 2.80. The third-order valence-corrected chi connectivity index (χ3v) is 6.35. The maximum Gasteiger partial charge on any atom is 0.430 e. The number of halogens is 8. The van der Waals surface area contributed by atoms with E-state index in [1.807, 2.05) is 0 Å². The van der Waals surface area contributed by atoms with Gasteiger partial charge < -0.3 is 5.11 Å². The van der Waals surface area contributed by atoms with Crippen molar-refractivity contribution in [3.63, 3.8) is 0 Å². The van der Waals surface area contributed by atoms with Crippen molar-refractivity contribution in [2.75, 3.05) is 0 Å². The first kappa shape index (κ1) is 26.0. The summed E-state index contributed by atoms with van der Waals surface area (Å²) in [7, 11) is 0. The first-order valence-electron chi connectivity index (χ1n) is 10.2. The van der Waals surface area contributed by atoms with Gasteiger partial charge in [0.15, 0.2) is 0 Å². The average molecular weight is 547 g/mol. The third kappa shape index (κ3) is 4.33. The van der Waals surface area contributed by atoms with Crippen molar-refractivity contribution in [1.29, 1.82) is 0 Å². The molecule has 4 aromatic rings. The van der Waals surface area contributed by atoms with Gasteiger partial charge in [-0.1, -0.05) is 65.7 Å². The molecule has 4 nitrogen and oxygen atoms in total. The molecule has 0 aliphatic heterocycles. The minimum atomic E-state index is -6.10. The second-order valence-corrected chi connectivity index (χ2v) is 8.63. The van der Waals surface area contributed by atoms with Crippen molar-refractivity contribution in [2.45, 2.75) is 24.4 Å². The van der Waals surface area contributed by atoms with E-state index in [0.29, 0.717) is 17.7 Å². The van der Waals surface area contributed by atoms with E-state index in [-0.39, 0.29) is 38.9 Å². The molecule has 0 saturated heterocycles. The van der Waals surface area contributed by atoms with Crippen LogP contribution < -0.4 is 5.56 Å². The van der Waals surface area contributed by atoms with Crippen LogP contribution in [0.1, 0.15) is 17.0 Å². The van der Waals surface area contributed by atoms with Gasteiger partial charge in [-0.25, -0.2) is 4.98 Å². The predicted octanol–water partition coefficient (Wildman–Crippen LogP) is 6.60. The van der Waals surface area contributed by atoms with Gasteiger partial charge in [0.1, 0.15) is 5.82 Å². The Balaban J connectivity index is 2.04. The quantitative estimate of drug-likeness (QED) is 0.293. The van der Waals surface area contributed by atoms with E-state index in [2.05, 4.69) is 4.98 Å². The van der Waals surface area contributed by atoms with Crippen molar-refractivity contribution in [1.82, 2.24) is 9.55 Å². The number of fused-ring (bicyclic) bond motifs is 1. The number of aliphatic hydroxyl groups is 1. The van der Waals surface area contributed by atoms with Crippen LogP contribution in [0.25, 0.3) is 16.6 Å². The zero-order valence-corrected chi connectivity index (χ0v) is 19.3. The second-order valence-electron chi connectivity index (χ2n) is 7.84. The van der Waals surface area contributed by atoms with Gasteiger partial charge in [0.05, 0.1) is 26.6 Å². The maximum absolute atomic E-state index is 13.5. The summed E-state index contributed by atoms with van der Waals surface area (Å²) < 4.78 is 81.8. The molecule has 0 aliphatic rings. The van der Waals surface area contributed by atoms with Crippen LogP contribution in [0, 0.1) is 0 Å². The largest absolute Gasteiger partial charge is 0.430 e. The van der Waals surface area contributed by atoms with Crippen molar-refractivity contribution >= 4 is 34.1 Å². The van der Waals surface area contributed by atoms with Gasteiger partial charge in [-0.2, -0.15) is 26.3 Å². The summed E-state index contributed by atoms with van der Waals surface area (Å²) in [5, 5.41) is 9.52. The van der Waals surface area contributed by atoms with Crippen LogP contribution in [0.15, 0.2) is 71.5 Å². The van der Waals surface area contributed by atoms with Crippen molar-refractivity contribution in [2.24, 2.45) is 0 Å². The number of hydrogen-bond acceptors (Lipinski definition) is 3. The van der Waals surface area contributed by atoms with Gasteiger partial charge in [-0.3, -0.25) is 9.36 Å². The predicted molar refractivity (Wildman–Crippen MR) is 123 cm³/mol. The number of benzene rings is 3. The fraction of sp³-hybridized carbons (Fsp3) is 0.167. The molecule has 188 valence electrons. The van der Waals surface area contributed by atoms with E-state index in [4.69, 9.17) is 23.2 Å². The van der Waals surface area contributed by atoms with E-state index in [9.17, 15) is 36.2 Å². The number of alkyl halides is 6. The van der Waals surface area contributed by atoms with Gasteiger partial charge >= 0.3 is 12.4 Å². The summed E-state index contributed by atoms with van der Waals surface area (Å²) in [4.78, 5) is 18.0. The first-order valence-corrected chi connectivity index (χ1v) is 10.9. The molecule has 0 bridgehead atoms. The minimum absolute atomic E-state index is 0.000692. The number of hydrogen-bond donors (Lipinski definition) is 1. The molecule has 1 aromatic heterocycles. The molecule has 36 heavy (non-hydrogen) atoms. The fourth-order valence-electron chi connectivity index (χ4n) is 3.78. The molecule has 4 rings (SSSR count). The number of rotatable bonds is 4. The molecule has 0 unspecified atom stereocenters. The highest BCUT2D eigenvalue weighted by Gasteiger charge is 2.71. The summed E-state index contributed by atoms with van der Waals surface area (Å²) >= 11 is 12.2. The molecular formula is C24H14Cl2F6N2O2. The van der Waals surface area contributed by atoms with E-state index in [0.717, 1.165) is 16.7 Å². The minimum Gasteiger partial charge on any atom is -0.369 e. The zero-order chi connectivity index (χ0) is 26.5. The molecule has 12 heteroatoms. The lowest BCUT2D eigenvalue weighted by molar-refractivity contribution is -0.376. The van der Waals surface area contributed by atoms with E-state index in [1.165, 1.54) is 12.1 Å². The Labute approximate surface area is 209 Å². The highest BCUT2D eigenvalue weighted by atomic mass is 35.5. The lowest BCUT2D eigenvalue weighted by Crippen LogP contribution is -2.54. The highest BCUT2D eigenvalue weighted by molar-refractivity contribution is 6.45. The summed E-state index contributed by atoms with van der Waals surface area (Å²) in [5.74, 6) is 0.0109. The summed E-state index contributed by atoms with van der Waals surface area (Å²) in [6.45, 7) is 0. The highest BCUT2D eigenvalue weighted by Crippen LogP contribution is 2.50. The first-order chi connectivity index (χ1) is 16.8. The smallest absolute Gasteiger partial charge is 0.369 e. The topological polar surface area (TPSA) is 55.1 Å². The van der Waals surface area contributed by atoms with E-state index < -0.39 is 29.1 Å². The van der Waals surface area contributed by atoms with Crippen molar-refractivity contribution in [3.8, 4) is 5.69 Å². The van der Waals surface area contributed by atoms with Gasteiger partial charge in [0.2, 0.25) is 0 Å². The monoisotopic (exact) mass is 546 g/mol. The van der Waals surface area contributed by atoms with Crippen LogP contribution >= 0.6 is 23.2 Å². The van der Waals surface area contributed by atoms with E-state index in [1.54, 1.807) is 30.3 Å². The normalized spacial score (nSPS) is 12.8. The van der Waals surface area contributed by atoms with Crippen LogP contribution in [0.5, 0.6) is 0 Å². The van der Waals surface area contributed by atoms with Crippen LogP contribution in [0.4, 0.5) is 26.3 Å². The molecule has 0 atom stereocenters. The Hall–Kier alpha value is -3.08. The molecule has 3 aromatic carbocycles. The maximum atomic E-state index is 13.5. The van der Waals surface area contributed by atoms with Crippen LogP contribution in [0.3, 0.4) is 0 Å². The summed E-state index contributed by atoms with van der Waals surface area (Å²) in [5.41, 5.74) is -7.15. The Morgan fingerprint density at radius 1 is 0.861 bits per heavy atom. The molecule has 0 aliphatic carbocycles. The molecule has 1 N–H and O–H groups in total.